The van der Waals surface area contributed by atoms with E-state index in [0.717, 1.165) is 19.3 Å². The van der Waals surface area contributed by atoms with E-state index in [1.165, 1.54) is 17.5 Å². The van der Waals surface area contributed by atoms with Crippen molar-refractivity contribution in [1.82, 2.24) is 4.90 Å². The molecule has 1 N–H and O–H groups in total. The van der Waals surface area contributed by atoms with Crippen LogP contribution < -0.4 is 0 Å². The number of likely N-dealkylation sites (tertiary alicyclic amines) is 1. The number of aryl methyl sites for hydroxylation is 1. The molecule has 3 rings (SSSR count). The number of fused-ring (bicyclic) bond motifs is 1. The molecule has 1 aliphatic carbocycles. The van der Waals surface area contributed by atoms with Crippen molar-refractivity contribution < 1.29 is 18.3 Å². The molecular formula is C18H24F3NO. The molecule has 2 aliphatic rings. The van der Waals surface area contributed by atoms with Crippen molar-refractivity contribution in [2.75, 3.05) is 13.1 Å². The third kappa shape index (κ3) is 3.72. The van der Waals surface area contributed by atoms with Gasteiger partial charge in [-0.25, -0.2) is 0 Å². The fraction of sp³-hybridized carbons (Fsp3) is 0.667. The molecule has 1 aromatic rings. The lowest BCUT2D eigenvalue weighted by atomic mass is 9.88. The van der Waals surface area contributed by atoms with Gasteiger partial charge in [-0.1, -0.05) is 30.7 Å². The predicted molar refractivity (Wildman–Crippen MR) is 83.1 cm³/mol. The summed E-state index contributed by atoms with van der Waals surface area (Å²) >= 11 is 0. The summed E-state index contributed by atoms with van der Waals surface area (Å²) in [4.78, 5) is 2.32. The molecule has 0 spiro atoms. The summed E-state index contributed by atoms with van der Waals surface area (Å²) in [6, 6.07) is 8.78. The van der Waals surface area contributed by atoms with Gasteiger partial charge in [0.15, 0.2) is 6.10 Å². The molecule has 2 atom stereocenters. The first kappa shape index (κ1) is 16.8. The van der Waals surface area contributed by atoms with Crippen LogP contribution in [0.2, 0.25) is 0 Å². The molecule has 1 saturated heterocycles. The molecule has 0 saturated carbocycles. The Morgan fingerprint density at radius 1 is 1.04 bits per heavy atom. The number of piperidine rings is 1. The summed E-state index contributed by atoms with van der Waals surface area (Å²) in [6.07, 6.45) is -1.34. The summed E-state index contributed by atoms with van der Waals surface area (Å²) in [5, 5.41) is 9.47. The van der Waals surface area contributed by atoms with Gasteiger partial charge in [0, 0.05) is 6.04 Å². The second-order valence-electron chi connectivity index (χ2n) is 6.82. The Morgan fingerprint density at radius 3 is 2.43 bits per heavy atom. The first-order valence-electron chi connectivity index (χ1n) is 8.53. The molecule has 1 fully saturated rings. The van der Waals surface area contributed by atoms with Crippen LogP contribution in [0.1, 0.15) is 49.3 Å². The molecule has 1 aromatic carbocycles. The molecule has 5 heteroatoms. The number of alkyl halides is 3. The zero-order valence-electron chi connectivity index (χ0n) is 13.2. The van der Waals surface area contributed by atoms with Gasteiger partial charge in [-0.05, 0) is 62.2 Å². The van der Waals surface area contributed by atoms with E-state index in [2.05, 4.69) is 29.2 Å². The van der Waals surface area contributed by atoms with Crippen LogP contribution in [0.4, 0.5) is 13.2 Å². The van der Waals surface area contributed by atoms with E-state index < -0.39 is 18.2 Å². The Hall–Kier alpha value is -1.07. The number of benzene rings is 1. The summed E-state index contributed by atoms with van der Waals surface area (Å²) in [7, 11) is 0. The van der Waals surface area contributed by atoms with E-state index >= 15 is 0 Å². The Kier molecular flexibility index (Phi) is 4.97. The van der Waals surface area contributed by atoms with Crippen LogP contribution in [-0.4, -0.2) is 35.4 Å². The SMILES string of the molecule is O[C@H](C1CCN([C@@H]2CCCCc3ccccc32)CC1)C(F)(F)F. The van der Waals surface area contributed by atoms with Crippen molar-refractivity contribution in [2.45, 2.75) is 56.8 Å². The number of nitrogens with zero attached hydrogens (tertiary/aromatic N) is 1. The molecule has 0 bridgehead atoms. The minimum Gasteiger partial charge on any atom is -0.383 e. The van der Waals surface area contributed by atoms with Gasteiger partial charge < -0.3 is 5.11 Å². The number of hydrogen-bond donors (Lipinski definition) is 1. The fourth-order valence-corrected chi connectivity index (χ4v) is 4.09. The van der Waals surface area contributed by atoms with Gasteiger partial charge in [-0.15, -0.1) is 0 Å². The topological polar surface area (TPSA) is 23.5 Å². The lowest BCUT2D eigenvalue weighted by Crippen LogP contribution is -2.44. The molecule has 0 unspecified atom stereocenters. The second kappa shape index (κ2) is 6.81. The number of rotatable bonds is 2. The maximum atomic E-state index is 12.7. The number of halogens is 3. The highest BCUT2D eigenvalue weighted by molar-refractivity contribution is 5.31. The Bertz CT molecular complexity index is 523. The molecule has 0 aromatic heterocycles. The van der Waals surface area contributed by atoms with E-state index in [9.17, 15) is 18.3 Å². The standard InChI is InChI=1S/C18H24F3NO/c19-18(20,21)17(23)14-9-11-22(12-10-14)16-8-4-2-6-13-5-1-3-7-15(13)16/h1,3,5,7,14,16-17,23H,2,4,6,8-12H2/t16-,17-/m1/s1. The average molecular weight is 327 g/mol. The normalized spacial score (nSPS) is 25.7. The third-order valence-electron chi connectivity index (χ3n) is 5.38. The van der Waals surface area contributed by atoms with Crippen molar-refractivity contribution in [3.8, 4) is 0 Å². The average Bonchev–Trinajstić information content (AvgIpc) is 2.76. The molecule has 1 heterocycles. The second-order valence-corrected chi connectivity index (χ2v) is 6.82. The zero-order valence-corrected chi connectivity index (χ0v) is 13.2. The lowest BCUT2D eigenvalue weighted by molar-refractivity contribution is -0.223. The van der Waals surface area contributed by atoms with Gasteiger partial charge in [0.05, 0.1) is 0 Å². The van der Waals surface area contributed by atoms with E-state index in [-0.39, 0.29) is 0 Å². The Balaban J connectivity index is 1.68. The van der Waals surface area contributed by atoms with Crippen LogP contribution in [0.15, 0.2) is 24.3 Å². The Morgan fingerprint density at radius 2 is 1.74 bits per heavy atom. The molecule has 128 valence electrons. The molecule has 1 aliphatic heterocycles. The third-order valence-corrected chi connectivity index (χ3v) is 5.38. The van der Waals surface area contributed by atoms with Gasteiger partial charge in [-0.3, -0.25) is 4.90 Å². The van der Waals surface area contributed by atoms with Gasteiger partial charge in [0.25, 0.3) is 0 Å². The number of aliphatic hydroxyl groups is 1. The maximum absolute atomic E-state index is 12.7. The summed E-state index contributed by atoms with van der Waals surface area (Å²) in [5.74, 6) is -0.660. The first-order valence-corrected chi connectivity index (χ1v) is 8.53. The largest absolute Gasteiger partial charge is 0.414 e. The number of hydrogen-bond acceptors (Lipinski definition) is 2. The van der Waals surface area contributed by atoms with Crippen molar-refractivity contribution in [1.29, 1.82) is 0 Å². The molecule has 23 heavy (non-hydrogen) atoms. The summed E-state index contributed by atoms with van der Waals surface area (Å²) in [6.45, 7) is 1.27. The lowest BCUT2D eigenvalue weighted by Gasteiger charge is -2.39. The Labute approximate surface area is 135 Å². The van der Waals surface area contributed by atoms with Crippen LogP contribution >= 0.6 is 0 Å². The zero-order chi connectivity index (χ0) is 16.4. The minimum absolute atomic E-state index is 0.317. The molecule has 0 radical (unpaired) electrons. The summed E-state index contributed by atoms with van der Waals surface area (Å²) in [5.41, 5.74) is 2.73. The monoisotopic (exact) mass is 327 g/mol. The molecule has 2 nitrogen and oxygen atoms in total. The molecular weight excluding hydrogens is 303 g/mol. The van der Waals surface area contributed by atoms with Crippen LogP contribution in [-0.2, 0) is 6.42 Å². The maximum Gasteiger partial charge on any atom is 0.414 e. The van der Waals surface area contributed by atoms with Crippen molar-refractivity contribution in [3.05, 3.63) is 35.4 Å². The minimum atomic E-state index is -4.50. The van der Waals surface area contributed by atoms with Gasteiger partial charge >= 0.3 is 6.18 Å². The highest BCUT2D eigenvalue weighted by Gasteiger charge is 2.44. The van der Waals surface area contributed by atoms with Crippen molar-refractivity contribution in [2.24, 2.45) is 5.92 Å². The van der Waals surface area contributed by atoms with Crippen LogP contribution in [0.25, 0.3) is 0 Å². The van der Waals surface area contributed by atoms with Gasteiger partial charge in [0.2, 0.25) is 0 Å². The highest BCUT2D eigenvalue weighted by atomic mass is 19.4. The highest BCUT2D eigenvalue weighted by Crippen LogP contribution is 2.37. The van der Waals surface area contributed by atoms with Gasteiger partial charge in [-0.2, -0.15) is 13.2 Å². The van der Waals surface area contributed by atoms with Crippen LogP contribution in [0.5, 0.6) is 0 Å². The van der Waals surface area contributed by atoms with Crippen LogP contribution in [0.3, 0.4) is 0 Å². The first-order chi connectivity index (χ1) is 11.0. The van der Waals surface area contributed by atoms with Crippen LogP contribution in [0, 0.1) is 5.92 Å². The summed E-state index contributed by atoms with van der Waals surface area (Å²) < 4.78 is 38.0. The number of aliphatic hydroxyl groups excluding tert-OH is 1. The fourth-order valence-electron chi connectivity index (χ4n) is 4.09. The molecule has 0 amide bonds. The quantitative estimate of drug-likeness (QED) is 0.827. The van der Waals surface area contributed by atoms with E-state index in [0.29, 0.717) is 32.0 Å². The van der Waals surface area contributed by atoms with E-state index in [4.69, 9.17) is 0 Å². The predicted octanol–water partition coefficient (Wildman–Crippen LogP) is 4.09. The van der Waals surface area contributed by atoms with Crippen molar-refractivity contribution in [3.63, 3.8) is 0 Å². The van der Waals surface area contributed by atoms with E-state index in [1.54, 1.807) is 0 Å². The smallest absolute Gasteiger partial charge is 0.383 e. The van der Waals surface area contributed by atoms with Crippen molar-refractivity contribution >= 4 is 0 Å². The van der Waals surface area contributed by atoms with E-state index in [1.807, 2.05) is 0 Å². The van der Waals surface area contributed by atoms with Gasteiger partial charge in [0.1, 0.15) is 0 Å².